The number of nitrogens with zero attached hydrogens (tertiary/aromatic N) is 2. The van der Waals surface area contributed by atoms with Crippen LogP contribution < -0.4 is 15.4 Å². The van der Waals surface area contributed by atoms with Crippen molar-refractivity contribution >= 4 is 17.4 Å². The minimum atomic E-state index is -0.306. The number of aromatic nitrogens is 3. The number of para-hydroxylation sites is 1. The number of nitrogens with one attached hydrogen (secondary N) is 3. The average Bonchev–Trinajstić information content (AvgIpc) is 3.28. The van der Waals surface area contributed by atoms with Crippen LogP contribution in [0.25, 0.3) is 0 Å². The van der Waals surface area contributed by atoms with E-state index in [1.807, 2.05) is 55.6 Å². The summed E-state index contributed by atoms with van der Waals surface area (Å²) >= 11 is 0. The third-order valence-corrected chi connectivity index (χ3v) is 4.32. The lowest BCUT2D eigenvalue weighted by Crippen LogP contribution is -2.24. The molecule has 7 heteroatoms. The Morgan fingerprint density at radius 1 is 1.07 bits per heavy atom. The summed E-state index contributed by atoms with van der Waals surface area (Å²) in [4.78, 5) is 24.5. The number of ether oxygens (including phenoxy) is 1. The molecular formula is C23H21N5O2. The van der Waals surface area contributed by atoms with E-state index in [2.05, 4.69) is 25.6 Å². The van der Waals surface area contributed by atoms with Gasteiger partial charge >= 0.3 is 0 Å². The van der Waals surface area contributed by atoms with Gasteiger partial charge in [0, 0.05) is 35.5 Å². The molecule has 0 aliphatic carbocycles. The zero-order valence-corrected chi connectivity index (χ0v) is 16.4. The van der Waals surface area contributed by atoms with Crippen LogP contribution in [0.2, 0.25) is 0 Å². The number of carbonyl (C=O) groups is 1. The van der Waals surface area contributed by atoms with Crippen LogP contribution in [0.1, 0.15) is 21.9 Å². The van der Waals surface area contributed by atoms with E-state index in [4.69, 9.17) is 4.74 Å². The van der Waals surface area contributed by atoms with E-state index >= 15 is 0 Å². The first-order chi connectivity index (χ1) is 14.7. The molecule has 0 radical (unpaired) electrons. The molecule has 0 fully saturated rings. The monoisotopic (exact) mass is 399 g/mol. The Bertz CT molecular complexity index is 1130. The molecule has 3 heterocycles. The molecule has 1 amide bonds. The zero-order valence-electron chi connectivity index (χ0n) is 16.4. The maximum Gasteiger partial charge on any atom is 0.274 e. The number of rotatable bonds is 7. The second-order valence-electron chi connectivity index (χ2n) is 6.65. The van der Waals surface area contributed by atoms with Crippen LogP contribution in [-0.2, 0) is 6.54 Å². The first kappa shape index (κ1) is 19.2. The molecular weight excluding hydrogens is 378 g/mol. The van der Waals surface area contributed by atoms with Crippen LogP contribution in [0.4, 0.5) is 11.5 Å². The number of H-pyrrole nitrogens is 1. The van der Waals surface area contributed by atoms with E-state index in [-0.39, 0.29) is 11.6 Å². The molecule has 0 saturated carbocycles. The molecule has 0 aliphatic heterocycles. The molecule has 150 valence electrons. The molecule has 4 rings (SSSR count). The number of anilines is 2. The van der Waals surface area contributed by atoms with Gasteiger partial charge in [-0.1, -0.05) is 18.2 Å². The molecule has 3 aromatic heterocycles. The predicted octanol–water partition coefficient (Wildman–Crippen LogP) is 4.58. The summed E-state index contributed by atoms with van der Waals surface area (Å²) < 4.78 is 5.99. The highest BCUT2D eigenvalue weighted by molar-refractivity contribution is 5.95. The maximum atomic E-state index is 12.7. The number of benzene rings is 1. The Morgan fingerprint density at radius 2 is 1.93 bits per heavy atom. The van der Waals surface area contributed by atoms with E-state index in [9.17, 15) is 4.79 Å². The van der Waals surface area contributed by atoms with E-state index in [0.717, 1.165) is 17.1 Å². The van der Waals surface area contributed by atoms with Crippen molar-refractivity contribution in [2.45, 2.75) is 13.5 Å². The second-order valence-corrected chi connectivity index (χ2v) is 6.65. The molecule has 4 aromatic rings. The first-order valence-electron chi connectivity index (χ1n) is 9.51. The number of hydrogen-bond acceptors (Lipinski definition) is 5. The third kappa shape index (κ3) is 4.82. The topological polar surface area (TPSA) is 91.9 Å². The minimum absolute atomic E-state index is 0.232. The second kappa shape index (κ2) is 8.91. The Labute approximate surface area is 174 Å². The number of pyridine rings is 2. The maximum absolute atomic E-state index is 12.7. The number of amides is 1. The van der Waals surface area contributed by atoms with Gasteiger partial charge in [0.1, 0.15) is 11.6 Å². The highest BCUT2D eigenvalue weighted by Crippen LogP contribution is 2.27. The third-order valence-electron chi connectivity index (χ3n) is 4.32. The van der Waals surface area contributed by atoms with Crippen LogP contribution in [0, 0.1) is 6.92 Å². The Morgan fingerprint density at radius 3 is 2.73 bits per heavy atom. The van der Waals surface area contributed by atoms with Gasteiger partial charge in [0.25, 0.3) is 5.91 Å². The molecule has 7 nitrogen and oxygen atoms in total. The van der Waals surface area contributed by atoms with Crippen molar-refractivity contribution in [2.75, 3.05) is 5.32 Å². The van der Waals surface area contributed by atoms with Crippen LogP contribution in [-0.4, -0.2) is 20.9 Å². The molecule has 3 N–H and O–H groups in total. The summed E-state index contributed by atoms with van der Waals surface area (Å²) in [5.41, 5.74) is 2.79. The number of carbonyl (C=O) groups excluding carboxylic acids is 1. The highest BCUT2D eigenvalue weighted by atomic mass is 16.5. The molecule has 0 spiro atoms. The van der Waals surface area contributed by atoms with Gasteiger partial charge in [0.15, 0.2) is 11.4 Å². The molecule has 1 aromatic carbocycles. The number of hydrogen-bond donors (Lipinski definition) is 3. The van der Waals surface area contributed by atoms with Gasteiger partial charge in [0.05, 0.1) is 6.54 Å². The standard InChI is InChI=1S/C23H21N5O2/c1-16-9-10-20(22(27-16)23(29)26-15-18-8-5-12-24-18)30-19-11-13-25-21(14-19)28-17-6-3-2-4-7-17/h2-14,24H,15H2,1H3,(H,25,28)(H,26,29). The molecule has 0 saturated heterocycles. The Balaban J connectivity index is 1.51. The van der Waals surface area contributed by atoms with Crippen LogP contribution >= 0.6 is 0 Å². The van der Waals surface area contributed by atoms with Crippen molar-refractivity contribution in [3.8, 4) is 11.5 Å². The summed E-state index contributed by atoms with van der Waals surface area (Å²) in [5, 5.41) is 6.08. The van der Waals surface area contributed by atoms with Crippen molar-refractivity contribution in [1.29, 1.82) is 0 Å². The smallest absolute Gasteiger partial charge is 0.274 e. The molecule has 0 aliphatic rings. The zero-order chi connectivity index (χ0) is 20.8. The summed E-state index contributed by atoms with van der Waals surface area (Å²) in [6, 6.07) is 20.6. The molecule has 30 heavy (non-hydrogen) atoms. The summed E-state index contributed by atoms with van der Waals surface area (Å²) in [5.74, 6) is 1.26. The normalized spacial score (nSPS) is 10.4. The Hall–Kier alpha value is -4.13. The van der Waals surface area contributed by atoms with Crippen LogP contribution in [0.3, 0.4) is 0 Å². The Kier molecular flexibility index (Phi) is 5.70. The lowest BCUT2D eigenvalue weighted by molar-refractivity contribution is 0.0942. The van der Waals surface area contributed by atoms with Gasteiger partial charge in [0.2, 0.25) is 0 Å². The first-order valence-corrected chi connectivity index (χ1v) is 9.51. The van der Waals surface area contributed by atoms with Crippen molar-refractivity contribution in [3.05, 3.63) is 96.2 Å². The fourth-order valence-corrected chi connectivity index (χ4v) is 2.87. The predicted molar refractivity (Wildman–Crippen MR) is 115 cm³/mol. The van der Waals surface area contributed by atoms with Gasteiger partial charge in [-0.15, -0.1) is 0 Å². The minimum Gasteiger partial charge on any atom is -0.455 e. The SMILES string of the molecule is Cc1ccc(Oc2ccnc(Nc3ccccc3)c2)c(C(=O)NCc2ccc[nH]2)n1. The van der Waals surface area contributed by atoms with Crippen molar-refractivity contribution in [2.24, 2.45) is 0 Å². The van der Waals surface area contributed by atoms with E-state index in [1.54, 1.807) is 30.5 Å². The van der Waals surface area contributed by atoms with E-state index in [1.165, 1.54) is 0 Å². The lowest BCUT2D eigenvalue weighted by Gasteiger charge is -2.12. The van der Waals surface area contributed by atoms with Gasteiger partial charge < -0.3 is 20.4 Å². The molecule has 0 bridgehead atoms. The van der Waals surface area contributed by atoms with Gasteiger partial charge in [-0.3, -0.25) is 4.79 Å². The van der Waals surface area contributed by atoms with Gasteiger partial charge in [-0.25, -0.2) is 9.97 Å². The van der Waals surface area contributed by atoms with Crippen molar-refractivity contribution in [3.63, 3.8) is 0 Å². The quantitative estimate of drug-likeness (QED) is 0.423. The molecule has 0 unspecified atom stereocenters. The number of aryl methyl sites for hydroxylation is 1. The van der Waals surface area contributed by atoms with E-state index < -0.39 is 0 Å². The highest BCUT2D eigenvalue weighted by Gasteiger charge is 2.16. The van der Waals surface area contributed by atoms with Crippen molar-refractivity contribution in [1.82, 2.24) is 20.3 Å². The summed E-state index contributed by atoms with van der Waals surface area (Å²) in [7, 11) is 0. The fourth-order valence-electron chi connectivity index (χ4n) is 2.87. The van der Waals surface area contributed by atoms with Gasteiger partial charge in [-0.2, -0.15) is 0 Å². The summed E-state index contributed by atoms with van der Waals surface area (Å²) in [6.45, 7) is 2.21. The fraction of sp³-hybridized carbons (Fsp3) is 0.0870. The van der Waals surface area contributed by atoms with Gasteiger partial charge in [-0.05, 0) is 49.4 Å². The van der Waals surface area contributed by atoms with Crippen LogP contribution in [0.5, 0.6) is 11.5 Å². The average molecular weight is 399 g/mol. The van der Waals surface area contributed by atoms with Crippen molar-refractivity contribution < 1.29 is 9.53 Å². The van der Waals surface area contributed by atoms with E-state index in [0.29, 0.717) is 23.9 Å². The lowest BCUT2D eigenvalue weighted by atomic mass is 10.2. The molecule has 0 atom stereocenters. The number of aromatic amines is 1. The largest absolute Gasteiger partial charge is 0.455 e. The van der Waals surface area contributed by atoms with Crippen LogP contribution in [0.15, 0.2) is 79.1 Å². The summed E-state index contributed by atoms with van der Waals surface area (Å²) in [6.07, 6.45) is 3.46.